The van der Waals surface area contributed by atoms with Crippen LogP contribution in [0.3, 0.4) is 0 Å². The van der Waals surface area contributed by atoms with Crippen molar-refractivity contribution in [1.29, 1.82) is 0 Å². The molecule has 0 saturated heterocycles. The molecule has 0 fully saturated rings. The zero-order valence-corrected chi connectivity index (χ0v) is 14.5. The van der Waals surface area contributed by atoms with Crippen LogP contribution in [0.15, 0.2) is 24.3 Å². The molecule has 1 aliphatic rings. The summed E-state index contributed by atoms with van der Waals surface area (Å²) in [7, 11) is -3.58. The summed E-state index contributed by atoms with van der Waals surface area (Å²) in [6.45, 7) is 3.75. The van der Waals surface area contributed by atoms with Crippen LogP contribution >= 0.6 is 0 Å². The highest BCUT2D eigenvalue weighted by Crippen LogP contribution is 2.28. The van der Waals surface area contributed by atoms with Crippen LogP contribution in [0.4, 0.5) is 0 Å². The van der Waals surface area contributed by atoms with Crippen molar-refractivity contribution in [3.63, 3.8) is 0 Å². The van der Waals surface area contributed by atoms with Crippen molar-refractivity contribution < 1.29 is 18.3 Å². The molecule has 0 unspecified atom stereocenters. The summed E-state index contributed by atoms with van der Waals surface area (Å²) in [4.78, 5) is 11.2. The molecule has 0 amide bonds. The Labute approximate surface area is 138 Å². The number of hydrogen-bond acceptors (Lipinski definition) is 3. The minimum Gasteiger partial charge on any atom is -0.480 e. The first kappa shape index (κ1) is 17.9. The quantitative estimate of drug-likeness (QED) is 0.760. The highest BCUT2D eigenvalue weighted by atomic mass is 32.2. The van der Waals surface area contributed by atoms with Gasteiger partial charge in [-0.3, -0.25) is 4.79 Å². The predicted octanol–water partition coefficient (Wildman–Crippen LogP) is 2.21. The summed E-state index contributed by atoms with van der Waals surface area (Å²) in [6, 6.07) is 7.14. The van der Waals surface area contributed by atoms with E-state index in [2.05, 4.69) is 16.9 Å². The maximum atomic E-state index is 12.2. The predicted molar refractivity (Wildman–Crippen MR) is 89.8 cm³/mol. The largest absolute Gasteiger partial charge is 0.480 e. The summed E-state index contributed by atoms with van der Waals surface area (Å²) >= 11 is 0. The van der Waals surface area contributed by atoms with Gasteiger partial charge in [-0.25, -0.2) is 13.1 Å². The number of carbonyl (C=O) groups is 1. The normalized spacial score (nSPS) is 16.5. The summed E-state index contributed by atoms with van der Waals surface area (Å²) in [5.74, 6) is -0.705. The van der Waals surface area contributed by atoms with E-state index in [0.29, 0.717) is 18.8 Å². The molecular weight excluding hydrogens is 314 g/mol. The van der Waals surface area contributed by atoms with Crippen LogP contribution in [0.25, 0.3) is 0 Å². The molecule has 23 heavy (non-hydrogen) atoms. The monoisotopic (exact) mass is 339 g/mol. The van der Waals surface area contributed by atoms with Gasteiger partial charge >= 0.3 is 5.97 Å². The standard InChI is InChI=1S/C17H25NO4S/c1-12(2)9-16(17(19)20)18-23(21,22)8-7-13-10-14-5-3-4-6-15(14)11-13/h3-6,12-13,16,18H,7-11H2,1-2H3,(H,19,20)/t16-/m1/s1. The molecule has 1 aromatic carbocycles. The molecule has 0 spiro atoms. The lowest BCUT2D eigenvalue weighted by Gasteiger charge is -2.17. The molecule has 0 saturated carbocycles. The number of rotatable bonds is 8. The number of benzene rings is 1. The first-order valence-corrected chi connectivity index (χ1v) is 9.71. The third kappa shape index (κ3) is 5.32. The minimum atomic E-state index is -3.58. The number of hydrogen-bond donors (Lipinski definition) is 2. The Balaban J connectivity index is 1.88. The first-order chi connectivity index (χ1) is 10.8. The number of aliphatic carboxylic acids is 1. The Morgan fingerprint density at radius 3 is 2.30 bits per heavy atom. The van der Waals surface area contributed by atoms with Crippen LogP contribution in [0, 0.1) is 11.8 Å². The van der Waals surface area contributed by atoms with Crippen molar-refractivity contribution in [3.05, 3.63) is 35.4 Å². The first-order valence-electron chi connectivity index (χ1n) is 8.06. The van der Waals surface area contributed by atoms with E-state index in [4.69, 9.17) is 5.11 Å². The van der Waals surface area contributed by atoms with E-state index < -0.39 is 22.0 Å². The summed E-state index contributed by atoms with van der Waals surface area (Å²) < 4.78 is 26.7. The van der Waals surface area contributed by atoms with E-state index in [9.17, 15) is 13.2 Å². The number of sulfonamides is 1. The van der Waals surface area contributed by atoms with Crippen molar-refractivity contribution in [2.45, 2.75) is 45.6 Å². The van der Waals surface area contributed by atoms with Gasteiger partial charge < -0.3 is 5.11 Å². The average Bonchev–Trinajstić information content (AvgIpc) is 2.86. The molecule has 1 atom stereocenters. The van der Waals surface area contributed by atoms with E-state index in [1.807, 2.05) is 26.0 Å². The maximum absolute atomic E-state index is 12.2. The van der Waals surface area contributed by atoms with Gasteiger partial charge in [-0.1, -0.05) is 38.1 Å². The van der Waals surface area contributed by atoms with Crippen molar-refractivity contribution >= 4 is 16.0 Å². The van der Waals surface area contributed by atoms with Crippen molar-refractivity contribution in [1.82, 2.24) is 4.72 Å². The zero-order valence-electron chi connectivity index (χ0n) is 13.7. The SMILES string of the molecule is CC(C)C[C@@H](NS(=O)(=O)CCC1Cc2ccccc2C1)C(=O)O. The Morgan fingerprint density at radius 2 is 1.83 bits per heavy atom. The summed E-state index contributed by atoms with van der Waals surface area (Å²) in [6.07, 6.45) is 2.65. The Bertz CT molecular complexity index is 629. The topological polar surface area (TPSA) is 83.5 Å². The second-order valence-electron chi connectivity index (χ2n) is 6.79. The van der Waals surface area contributed by atoms with Crippen LogP contribution in [-0.4, -0.2) is 31.3 Å². The highest BCUT2D eigenvalue weighted by molar-refractivity contribution is 7.89. The van der Waals surface area contributed by atoms with Gasteiger partial charge in [-0.15, -0.1) is 0 Å². The zero-order chi connectivity index (χ0) is 17.0. The smallest absolute Gasteiger partial charge is 0.321 e. The minimum absolute atomic E-state index is 0.0203. The van der Waals surface area contributed by atoms with Crippen LogP contribution < -0.4 is 4.72 Å². The molecule has 1 aromatic rings. The van der Waals surface area contributed by atoms with Gasteiger partial charge in [0.1, 0.15) is 6.04 Å². The molecule has 1 aliphatic carbocycles. The number of carboxylic acids is 1. The van der Waals surface area contributed by atoms with E-state index in [0.717, 1.165) is 12.8 Å². The van der Waals surface area contributed by atoms with Crippen LogP contribution in [0.2, 0.25) is 0 Å². The molecule has 0 aliphatic heterocycles. The average molecular weight is 339 g/mol. The van der Waals surface area contributed by atoms with E-state index in [1.54, 1.807) is 0 Å². The van der Waals surface area contributed by atoms with Crippen LogP contribution in [0.1, 0.15) is 37.8 Å². The van der Waals surface area contributed by atoms with Gasteiger partial charge in [0.15, 0.2) is 0 Å². The molecule has 0 heterocycles. The molecule has 2 rings (SSSR count). The Hall–Kier alpha value is -1.40. The Morgan fingerprint density at radius 1 is 1.26 bits per heavy atom. The van der Waals surface area contributed by atoms with Crippen LogP contribution in [0.5, 0.6) is 0 Å². The van der Waals surface area contributed by atoms with E-state index >= 15 is 0 Å². The Kier molecular flexibility index (Phi) is 5.81. The molecule has 0 bridgehead atoms. The molecule has 0 aromatic heterocycles. The lowest BCUT2D eigenvalue weighted by Crippen LogP contribution is -2.42. The molecule has 0 radical (unpaired) electrons. The third-order valence-corrected chi connectivity index (χ3v) is 5.67. The fourth-order valence-electron chi connectivity index (χ4n) is 3.12. The molecule has 2 N–H and O–H groups in total. The fourth-order valence-corrected chi connectivity index (χ4v) is 4.51. The van der Waals surface area contributed by atoms with Gasteiger partial charge in [-0.2, -0.15) is 0 Å². The number of fused-ring (bicyclic) bond motifs is 1. The van der Waals surface area contributed by atoms with Gasteiger partial charge in [0, 0.05) is 0 Å². The summed E-state index contributed by atoms with van der Waals surface area (Å²) in [5.41, 5.74) is 2.59. The van der Waals surface area contributed by atoms with Crippen molar-refractivity contribution in [3.8, 4) is 0 Å². The maximum Gasteiger partial charge on any atom is 0.321 e. The summed E-state index contributed by atoms with van der Waals surface area (Å²) in [5, 5.41) is 9.16. The lowest BCUT2D eigenvalue weighted by atomic mass is 10.0. The number of nitrogens with one attached hydrogen (secondary N) is 1. The fraction of sp³-hybridized carbons (Fsp3) is 0.588. The molecule has 128 valence electrons. The third-order valence-electron chi connectivity index (χ3n) is 4.26. The number of carboxylic acid groups (broad SMARTS) is 1. The van der Waals surface area contributed by atoms with Gasteiger partial charge in [-0.05, 0) is 48.6 Å². The van der Waals surface area contributed by atoms with E-state index in [-0.39, 0.29) is 11.7 Å². The second-order valence-corrected chi connectivity index (χ2v) is 8.66. The highest BCUT2D eigenvalue weighted by Gasteiger charge is 2.27. The second kappa shape index (κ2) is 7.45. The van der Waals surface area contributed by atoms with Crippen LogP contribution in [-0.2, 0) is 27.7 Å². The van der Waals surface area contributed by atoms with E-state index in [1.165, 1.54) is 11.1 Å². The van der Waals surface area contributed by atoms with Gasteiger partial charge in [0.05, 0.1) is 5.75 Å². The molecular formula is C17H25NO4S. The van der Waals surface area contributed by atoms with Crippen molar-refractivity contribution in [2.75, 3.05) is 5.75 Å². The molecule has 6 heteroatoms. The van der Waals surface area contributed by atoms with Gasteiger partial charge in [0.2, 0.25) is 10.0 Å². The molecule has 5 nitrogen and oxygen atoms in total. The van der Waals surface area contributed by atoms with Crippen molar-refractivity contribution in [2.24, 2.45) is 11.8 Å². The van der Waals surface area contributed by atoms with Gasteiger partial charge in [0.25, 0.3) is 0 Å². The lowest BCUT2D eigenvalue weighted by molar-refractivity contribution is -0.139.